The molecule has 3 heterocycles. The summed E-state index contributed by atoms with van der Waals surface area (Å²) in [6.45, 7) is 4.84. The Labute approximate surface area is 146 Å². The van der Waals surface area contributed by atoms with Gasteiger partial charge in [-0.05, 0) is 31.0 Å². The molecule has 0 aliphatic carbocycles. The van der Waals surface area contributed by atoms with Gasteiger partial charge < -0.3 is 14.8 Å². The lowest BCUT2D eigenvalue weighted by Crippen LogP contribution is -2.37. The summed E-state index contributed by atoms with van der Waals surface area (Å²) in [5.74, 6) is 3.34. The van der Waals surface area contributed by atoms with E-state index in [1.807, 2.05) is 23.7 Å². The van der Waals surface area contributed by atoms with Gasteiger partial charge in [0.15, 0.2) is 11.5 Å². The molecule has 2 aliphatic rings. The quantitative estimate of drug-likeness (QED) is 0.923. The molecule has 0 fully saturated rings. The molecule has 24 heavy (non-hydrogen) atoms. The van der Waals surface area contributed by atoms with Crippen LogP contribution in [0.2, 0.25) is 5.02 Å². The molecule has 0 bridgehead atoms. The molecular formula is C17H21ClN4O2. The fraction of sp³-hybridized carbons (Fsp3) is 0.529. The standard InChI is InChI=1S/C17H21ClN4O2/c1-11-20-16-4-3-13(10-22(16)21-11)19-9-12-7-14(18)17-15(8-12)23-5-2-6-24-17/h7-8,13,19H,2-6,9-10H2,1H3/t13-/m0/s1. The Bertz CT molecular complexity index is 746. The van der Waals surface area contributed by atoms with Gasteiger partial charge in [-0.15, -0.1) is 0 Å². The Balaban J connectivity index is 1.43. The van der Waals surface area contributed by atoms with E-state index in [-0.39, 0.29) is 0 Å². The van der Waals surface area contributed by atoms with E-state index >= 15 is 0 Å². The summed E-state index contributed by atoms with van der Waals surface area (Å²) in [5.41, 5.74) is 1.10. The summed E-state index contributed by atoms with van der Waals surface area (Å²) in [7, 11) is 0. The van der Waals surface area contributed by atoms with E-state index in [2.05, 4.69) is 15.4 Å². The highest BCUT2D eigenvalue weighted by molar-refractivity contribution is 6.32. The largest absolute Gasteiger partial charge is 0.489 e. The molecule has 0 amide bonds. The number of hydrogen-bond acceptors (Lipinski definition) is 5. The van der Waals surface area contributed by atoms with Gasteiger partial charge in [-0.25, -0.2) is 9.67 Å². The maximum Gasteiger partial charge on any atom is 0.179 e. The third-order valence-electron chi connectivity index (χ3n) is 4.42. The van der Waals surface area contributed by atoms with E-state index in [9.17, 15) is 0 Å². The molecule has 2 aromatic rings. The number of aromatic nitrogens is 3. The molecular weight excluding hydrogens is 328 g/mol. The first-order chi connectivity index (χ1) is 11.7. The molecule has 7 heteroatoms. The van der Waals surface area contributed by atoms with Crippen LogP contribution in [0.3, 0.4) is 0 Å². The average Bonchev–Trinajstić information content (AvgIpc) is 2.77. The van der Waals surface area contributed by atoms with Crippen molar-refractivity contribution in [3.05, 3.63) is 34.4 Å². The predicted octanol–water partition coefficient (Wildman–Crippen LogP) is 2.51. The smallest absolute Gasteiger partial charge is 0.179 e. The number of nitrogens with one attached hydrogen (secondary N) is 1. The molecule has 1 N–H and O–H groups in total. The summed E-state index contributed by atoms with van der Waals surface area (Å²) in [6, 6.07) is 4.36. The summed E-state index contributed by atoms with van der Waals surface area (Å²) in [5, 5.41) is 8.66. The van der Waals surface area contributed by atoms with Crippen LogP contribution in [0.5, 0.6) is 11.5 Å². The highest BCUT2D eigenvalue weighted by atomic mass is 35.5. The van der Waals surface area contributed by atoms with Crippen molar-refractivity contribution >= 4 is 11.6 Å². The monoisotopic (exact) mass is 348 g/mol. The summed E-state index contributed by atoms with van der Waals surface area (Å²) >= 11 is 6.36. The van der Waals surface area contributed by atoms with Crippen molar-refractivity contribution in [2.24, 2.45) is 0 Å². The first-order valence-corrected chi connectivity index (χ1v) is 8.78. The zero-order valence-corrected chi connectivity index (χ0v) is 14.5. The number of aryl methyl sites for hydroxylation is 2. The minimum absolute atomic E-state index is 0.383. The van der Waals surface area contributed by atoms with Crippen molar-refractivity contribution in [1.82, 2.24) is 20.1 Å². The van der Waals surface area contributed by atoms with Gasteiger partial charge in [-0.1, -0.05) is 11.6 Å². The van der Waals surface area contributed by atoms with E-state index in [0.717, 1.165) is 55.3 Å². The molecule has 0 spiro atoms. The number of nitrogens with zero attached hydrogens (tertiary/aromatic N) is 3. The summed E-state index contributed by atoms with van der Waals surface area (Å²) < 4.78 is 13.4. The number of ether oxygens (including phenoxy) is 2. The first-order valence-electron chi connectivity index (χ1n) is 8.41. The lowest BCUT2D eigenvalue weighted by atomic mass is 10.1. The maximum absolute atomic E-state index is 6.36. The van der Waals surface area contributed by atoms with E-state index in [0.29, 0.717) is 30.0 Å². The van der Waals surface area contributed by atoms with Crippen LogP contribution >= 0.6 is 11.6 Å². The fourth-order valence-electron chi connectivity index (χ4n) is 3.25. The van der Waals surface area contributed by atoms with Crippen molar-refractivity contribution < 1.29 is 9.47 Å². The molecule has 1 aromatic heterocycles. The molecule has 0 saturated heterocycles. The predicted molar refractivity (Wildman–Crippen MR) is 90.8 cm³/mol. The second-order valence-electron chi connectivity index (χ2n) is 6.33. The first kappa shape index (κ1) is 15.7. The molecule has 0 radical (unpaired) electrons. The number of hydrogen-bond donors (Lipinski definition) is 1. The Hall–Kier alpha value is -1.79. The third-order valence-corrected chi connectivity index (χ3v) is 4.70. The van der Waals surface area contributed by atoms with Crippen LogP contribution in [0.1, 0.15) is 30.1 Å². The molecule has 128 valence electrons. The molecule has 1 aromatic carbocycles. The molecule has 1 atom stereocenters. The zero-order chi connectivity index (χ0) is 16.5. The van der Waals surface area contributed by atoms with Crippen molar-refractivity contribution in [3.63, 3.8) is 0 Å². The van der Waals surface area contributed by atoms with Gasteiger partial charge >= 0.3 is 0 Å². The maximum atomic E-state index is 6.36. The van der Waals surface area contributed by atoms with Crippen LogP contribution in [0.4, 0.5) is 0 Å². The lowest BCUT2D eigenvalue weighted by molar-refractivity contribution is 0.297. The van der Waals surface area contributed by atoms with Crippen molar-refractivity contribution in [3.8, 4) is 11.5 Å². The zero-order valence-electron chi connectivity index (χ0n) is 13.7. The van der Waals surface area contributed by atoms with Gasteiger partial charge in [0.05, 0.1) is 24.8 Å². The van der Waals surface area contributed by atoms with Gasteiger partial charge in [0, 0.05) is 25.4 Å². The Morgan fingerprint density at radius 2 is 2.21 bits per heavy atom. The van der Waals surface area contributed by atoms with E-state index in [1.54, 1.807) is 0 Å². The summed E-state index contributed by atoms with van der Waals surface area (Å²) in [4.78, 5) is 4.45. The number of fused-ring (bicyclic) bond motifs is 2. The molecule has 0 saturated carbocycles. The summed E-state index contributed by atoms with van der Waals surface area (Å²) in [6.07, 6.45) is 2.90. The number of halogens is 1. The van der Waals surface area contributed by atoms with Gasteiger partial charge in [-0.2, -0.15) is 5.10 Å². The molecule has 6 nitrogen and oxygen atoms in total. The van der Waals surface area contributed by atoms with Gasteiger partial charge in [-0.3, -0.25) is 0 Å². The van der Waals surface area contributed by atoms with E-state index in [1.165, 1.54) is 0 Å². The van der Waals surface area contributed by atoms with Gasteiger partial charge in [0.1, 0.15) is 11.6 Å². The van der Waals surface area contributed by atoms with Crippen molar-refractivity contribution in [1.29, 1.82) is 0 Å². The van der Waals surface area contributed by atoms with Crippen LogP contribution < -0.4 is 14.8 Å². The SMILES string of the molecule is Cc1nc2n(n1)C[C@@H](NCc1cc(Cl)c3c(c1)OCCCO3)CC2. The minimum Gasteiger partial charge on any atom is -0.489 e. The van der Waals surface area contributed by atoms with Crippen LogP contribution in [-0.4, -0.2) is 34.0 Å². The fourth-order valence-corrected chi connectivity index (χ4v) is 3.54. The van der Waals surface area contributed by atoms with Crippen LogP contribution in [0, 0.1) is 6.92 Å². The normalized spacial score (nSPS) is 19.7. The Kier molecular flexibility index (Phi) is 4.33. The molecule has 4 rings (SSSR count). The number of rotatable bonds is 3. The Morgan fingerprint density at radius 1 is 1.33 bits per heavy atom. The van der Waals surface area contributed by atoms with Crippen LogP contribution in [0.15, 0.2) is 12.1 Å². The van der Waals surface area contributed by atoms with Gasteiger partial charge in [0.2, 0.25) is 0 Å². The number of benzene rings is 1. The molecule has 2 aliphatic heterocycles. The van der Waals surface area contributed by atoms with E-state index < -0.39 is 0 Å². The minimum atomic E-state index is 0.383. The van der Waals surface area contributed by atoms with Crippen LogP contribution in [0.25, 0.3) is 0 Å². The Morgan fingerprint density at radius 3 is 3.12 bits per heavy atom. The van der Waals surface area contributed by atoms with Crippen molar-refractivity contribution in [2.75, 3.05) is 13.2 Å². The van der Waals surface area contributed by atoms with Gasteiger partial charge in [0.25, 0.3) is 0 Å². The highest BCUT2D eigenvalue weighted by Gasteiger charge is 2.21. The van der Waals surface area contributed by atoms with Crippen molar-refractivity contribution in [2.45, 2.75) is 45.3 Å². The third kappa shape index (κ3) is 3.21. The second kappa shape index (κ2) is 6.61. The van der Waals surface area contributed by atoms with Crippen LogP contribution in [-0.2, 0) is 19.5 Å². The highest BCUT2D eigenvalue weighted by Crippen LogP contribution is 2.38. The lowest BCUT2D eigenvalue weighted by Gasteiger charge is -2.24. The topological polar surface area (TPSA) is 61.2 Å². The average molecular weight is 349 g/mol. The second-order valence-corrected chi connectivity index (χ2v) is 6.74. The van der Waals surface area contributed by atoms with E-state index in [4.69, 9.17) is 21.1 Å². The molecule has 0 unspecified atom stereocenters.